The summed E-state index contributed by atoms with van der Waals surface area (Å²) in [6, 6.07) is 9.50. The van der Waals surface area contributed by atoms with E-state index in [0.717, 1.165) is 66.2 Å². The quantitative estimate of drug-likeness (QED) is 0.238. The Bertz CT molecular complexity index is 1500. The highest BCUT2D eigenvalue weighted by atomic mass is 32.1. The van der Waals surface area contributed by atoms with Crippen LogP contribution >= 0.6 is 11.3 Å². The van der Waals surface area contributed by atoms with E-state index in [9.17, 15) is 4.79 Å². The van der Waals surface area contributed by atoms with Gasteiger partial charge in [0, 0.05) is 30.4 Å². The monoisotopic (exact) mass is 563 g/mol. The summed E-state index contributed by atoms with van der Waals surface area (Å²) in [5.74, 6) is 0.164. The molecule has 2 aliphatic heterocycles. The van der Waals surface area contributed by atoms with Crippen LogP contribution in [0.5, 0.6) is 5.75 Å². The van der Waals surface area contributed by atoms with E-state index in [2.05, 4.69) is 15.5 Å². The van der Waals surface area contributed by atoms with E-state index >= 15 is 4.39 Å². The Labute approximate surface area is 238 Å². The van der Waals surface area contributed by atoms with Crippen LogP contribution < -0.4 is 15.4 Å². The van der Waals surface area contributed by atoms with Crippen molar-refractivity contribution in [3.05, 3.63) is 53.5 Å². The average molecular weight is 564 g/mol. The number of thiazole rings is 1. The summed E-state index contributed by atoms with van der Waals surface area (Å²) in [5.41, 5.74) is 3.50. The third-order valence-corrected chi connectivity index (χ3v) is 8.94. The molecule has 0 aliphatic carbocycles. The molecule has 0 spiro atoms. The van der Waals surface area contributed by atoms with Crippen molar-refractivity contribution in [2.45, 2.75) is 64.5 Å². The third-order valence-electron chi connectivity index (χ3n) is 7.92. The van der Waals surface area contributed by atoms with Gasteiger partial charge in [0.05, 0.1) is 27.6 Å². The van der Waals surface area contributed by atoms with Gasteiger partial charge in [0.1, 0.15) is 11.6 Å². The number of hydrogen-bond donors (Lipinski definition) is 2. The number of carbonyl (C=O) groups excluding carboxylic acids is 1. The van der Waals surface area contributed by atoms with Crippen LogP contribution in [0.25, 0.3) is 26.4 Å². The zero-order chi connectivity index (χ0) is 27.6. The lowest BCUT2D eigenvalue weighted by atomic mass is 10.0. The molecule has 7 nitrogen and oxygen atoms in total. The van der Waals surface area contributed by atoms with Crippen LogP contribution in [0.1, 0.15) is 74.3 Å². The van der Waals surface area contributed by atoms with Crippen LogP contribution in [-0.2, 0) is 0 Å². The first-order valence-corrected chi connectivity index (χ1v) is 15.4. The minimum atomic E-state index is -0.260. The Morgan fingerprint density at radius 1 is 1.20 bits per heavy atom. The standard InChI is InChI=1S/C31H38FN5O2S/c1-20(2)39-28-18-27-29(17-23(28)30(38)34-12-7-15-36-13-4-3-5-14-36)40-31-35-26(19-37(27)31)22-10-9-21(16-24(22)32)25-8-6-11-33-25/h9-10,16-20,25,33H,3-8,11-15H2,1-2H3,(H,34,38)/t25-/m0/s1. The number of hydrogen-bond acceptors (Lipinski definition) is 6. The molecule has 212 valence electrons. The van der Waals surface area contributed by atoms with Crippen molar-refractivity contribution in [1.29, 1.82) is 0 Å². The third kappa shape index (κ3) is 5.73. The molecule has 4 heterocycles. The van der Waals surface area contributed by atoms with Gasteiger partial charge in [-0.05, 0) is 95.9 Å². The first-order valence-electron chi connectivity index (χ1n) is 14.6. The number of fused-ring (bicyclic) bond motifs is 3. The van der Waals surface area contributed by atoms with Crippen LogP contribution in [0.4, 0.5) is 4.39 Å². The number of nitrogens with one attached hydrogen (secondary N) is 2. The molecule has 0 radical (unpaired) electrons. The lowest BCUT2D eigenvalue weighted by molar-refractivity contribution is 0.0945. The number of ether oxygens (including phenoxy) is 1. The molecule has 1 atom stereocenters. The van der Waals surface area contributed by atoms with Crippen LogP contribution in [0, 0.1) is 5.82 Å². The number of imidazole rings is 1. The highest BCUT2D eigenvalue weighted by molar-refractivity contribution is 7.23. The van der Waals surface area contributed by atoms with Crippen LogP contribution in [0.15, 0.2) is 36.5 Å². The van der Waals surface area contributed by atoms with Crippen LogP contribution in [-0.4, -0.2) is 59.0 Å². The van der Waals surface area contributed by atoms with Crippen molar-refractivity contribution in [2.75, 3.05) is 32.7 Å². The summed E-state index contributed by atoms with van der Waals surface area (Å²) in [4.78, 5) is 21.2. The van der Waals surface area contributed by atoms with E-state index in [4.69, 9.17) is 9.72 Å². The van der Waals surface area contributed by atoms with Gasteiger partial charge in [0.25, 0.3) is 5.91 Å². The normalized spacial score (nSPS) is 18.2. The molecule has 0 unspecified atom stereocenters. The van der Waals surface area contributed by atoms with Gasteiger partial charge in [-0.1, -0.05) is 23.8 Å². The Kier molecular flexibility index (Phi) is 8.05. The minimum Gasteiger partial charge on any atom is -0.490 e. The highest BCUT2D eigenvalue weighted by Gasteiger charge is 2.21. The van der Waals surface area contributed by atoms with Gasteiger partial charge in [0.2, 0.25) is 0 Å². The number of likely N-dealkylation sites (tertiary alicyclic amines) is 1. The molecule has 2 aromatic carbocycles. The SMILES string of the molecule is CC(C)Oc1cc2c(cc1C(=O)NCCCN1CCCCC1)sc1nc(-c3ccc([C@@H]4CCCN4)cc3F)cn12. The molecular formula is C31H38FN5O2S. The molecule has 4 aromatic rings. The predicted molar refractivity (Wildman–Crippen MR) is 159 cm³/mol. The number of nitrogens with zero attached hydrogens (tertiary/aromatic N) is 3. The second kappa shape index (κ2) is 11.8. The minimum absolute atomic E-state index is 0.0856. The first kappa shape index (κ1) is 27.2. The number of benzene rings is 2. The molecule has 1 amide bonds. The second-order valence-electron chi connectivity index (χ2n) is 11.3. The molecule has 2 saturated heterocycles. The number of halogens is 1. The van der Waals surface area contributed by atoms with Crippen molar-refractivity contribution in [3.63, 3.8) is 0 Å². The zero-order valence-electron chi connectivity index (χ0n) is 23.3. The lowest BCUT2D eigenvalue weighted by Gasteiger charge is -2.26. The number of piperidine rings is 1. The summed E-state index contributed by atoms with van der Waals surface area (Å²) in [6.07, 6.45) is 8.73. The number of rotatable bonds is 9. The topological polar surface area (TPSA) is 70.9 Å². The van der Waals surface area contributed by atoms with Crippen molar-refractivity contribution in [3.8, 4) is 17.0 Å². The molecule has 40 heavy (non-hydrogen) atoms. The number of amides is 1. The number of aromatic nitrogens is 2. The molecule has 2 aromatic heterocycles. The predicted octanol–water partition coefficient (Wildman–Crippen LogP) is 6.17. The lowest BCUT2D eigenvalue weighted by Crippen LogP contribution is -2.33. The van der Waals surface area contributed by atoms with E-state index in [1.54, 1.807) is 6.07 Å². The summed E-state index contributed by atoms with van der Waals surface area (Å²) in [6.45, 7) is 8.85. The summed E-state index contributed by atoms with van der Waals surface area (Å²) >= 11 is 1.49. The molecule has 0 bridgehead atoms. The average Bonchev–Trinajstić information content (AvgIpc) is 3.68. The van der Waals surface area contributed by atoms with Crippen molar-refractivity contribution < 1.29 is 13.9 Å². The van der Waals surface area contributed by atoms with E-state index in [1.807, 2.05) is 48.7 Å². The van der Waals surface area contributed by atoms with Gasteiger partial charge in [0.15, 0.2) is 4.96 Å². The van der Waals surface area contributed by atoms with Gasteiger partial charge in [-0.3, -0.25) is 9.20 Å². The van der Waals surface area contributed by atoms with Crippen LogP contribution in [0.3, 0.4) is 0 Å². The van der Waals surface area contributed by atoms with Gasteiger partial charge in [-0.2, -0.15) is 0 Å². The maximum absolute atomic E-state index is 15.2. The largest absolute Gasteiger partial charge is 0.490 e. The fourth-order valence-electron chi connectivity index (χ4n) is 5.89. The Morgan fingerprint density at radius 3 is 2.80 bits per heavy atom. The second-order valence-corrected chi connectivity index (χ2v) is 12.3. The maximum Gasteiger partial charge on any atom is 0.255 e. The summed E-state index contributed by atoms with van der Waals surface area (Å²) in [7, 11) is 0. The van der Waals surface area contributed by atoms with Gasteiger partial charge in [-0.25, -0.2) is 9.37 Å². The zero-order valence-corrected chi connectivity index (χ0v) is 24.2. The summed E-state index contributed by atoms with van der Waals surface area (Å²) < 4.78 is 24.2. The van der Waals surface area contributed by atoms with Gasteiger partial charge >= 0.3 is 0 Å². The first-order chi connectivity index (χ1) is 19.5. The summed E-state index contributed by atoms with van der Waals surface area (Å²) in [5, 5.41) is 6.52. The van der Waals surface area contributed by atoms with Crippen molar-refractivity contribution >= 4 is 32.4 Å². The van der Waals surface area contributed by atoms with Crippen molar-refractivity contribution in [2.24, 2.45) is 0 Å². The molecule has 2 aliphatic rings. The smallest absolute Gasteiger partial charge is 0.255 e. The van der Waals surface area contributed by atoms with E-state index in [0.29, 0.717) is 29.1 Å². The van der Waals surface area contributed by atoms with Crippen LogP contribution in [0.2, 0.25) is 0 Å². The highest BCUT2D eigenvalue weighted by Crippen LogP contribution is 2.35. The molecule has 0 saturated carbocycles. The van der Waals surface area contributed by atoms with E-state index in [-0.39, 0.29) is 23.9 Å². The number of carbonyl (C=O) groups is 1. The van der Waals surface area contributed by atoms with Gasteiger partial charge < -0.3 is 20.3 Å². The Hall–Kier alpha value is -3.01. The molecule has 6 rings (SSSR count). The fraction of sp³-hybridized carbons (Fsp3) is 0.484. The van der Waals surface area contributed by atoms with E-state index in [1.165, 1.54) is 30.6 Å². The fourth-order valence-corrected chi connectivity index (χ4v) is 6.92. The maximum atomic E-state index is 15.2. The Morgan fingerprint density at radius 2 is 2.05 bits per heavy atom. The molecular weight excluding hydrogens is 525 g/mol. The Balaban J connectivity index is 1.23. The molecule has 9 heteroatoms. The molecule has 2 fully saturated rings. The van der Waals surface area contributed by atoms with Gasteiger partial charge in [-0.15, -0.1) is 0 Å². The molecule has 2 N–H and O–H groups in total. The van der Waals surface area contributed by atoms with Crippen molar-refractivity contribution in [1.82, 2.24) is 24.9 Å². The van der Waals surface area contributed by atoms with E-state index < -0.39 is 0 Å².